The molecule has 1 amide bonds. The van der Waals surface area contributed by atoms with Crippen LogP contribution in [0.1, 0.15) is 11.1 Å². The van der Waals surface area contributed by atoms with Crippen LogP contribution >= 0.6 is 35.0 Å². The Labute approximate surface area is 212 Å². The molecule has 186 valence electrons. The highest BCUT2D eigenvalue weighted by molar-refractivity contribution is 7.99. The summed E-state index contributed by atoms with van der Waals surface area (Å²) in [4.78, 5) is 11.9. The molecule has 0 aliphatic rings. The molecule has 13 heteroatoms. The Bertz CT molecular complexity index is 1320. The fourth-order valence-corrected chi connectivity index (χ4v) is 5.29. The number of anilines is 2. The quantitative estimate of drug-likeness (QED) is 0.293. The minimum Gasteiger partial charge on any atom is -0.325 e. The van der Waals surface area contributed by atoms with E-state index in [1.165, 1.54) is 36.4 Å². The van der Waals surface area contributed by atoms with E-state index < -0.39 is 38.5 Å². The minimum absolute atomic E-state index is 0.00955. The van der Waals surface area contributed by atoms with E-state index in [4.69, 9.17) is 23.2 Å². The Morgan fingerprint density at radius 2 is 1.60 bits per heavy atom. The first-order valence-corrected chi connectivity index (χ1v) is 13.1. The van der Waals surface area contributed by atoms with Gasteiger partial charge in [0, 0.05) is 27.7 Å². The molecular weight excluding hydrogens is 551 g/mol. The van der Waals surface area contributed by atoms with E-state index in [9.17, 15) is 30.8 Å². The second-order valence-electron chi connectivity index (χ2n) is 7.06. The first-order chi connectivity index (χ1) is 16.4. The van der Waals surface area contributed by atoms with Crippen molar-refractivity contribution in [3.63, 3.8) is 0 Å². The first kappa shape index (κ1) is 27.1. The maximum atomic E-state index is 13.8. The van der Waals surface area contributed by atoms with E-state index in [-0.39, 0.29) is 32.7 Å². The molecule has 0 atom stereocenters. The van der Waals surface area contributed by atoms with Gasteiger partial charge in [0.1, 0.15) is 5.82 Å². The topological polar surface area (TPSA) is 75.3 Å². The number of nitrogens with one attached hydrogen (secondary N) is 2. The molecule has 0 aliphatic heterocycles. The Morgan fingerprint density at radius 3 is 2.23 bits per heavy atom. The zero-order valence-corrected chi connectivity index (χ0v) is 20.6. The van der Waals surface area contributed by atoms with Crippen molar-refractivity contribution in [1.82, 2.24) is 0 Å². The smallest absolute Gasteiger partial charge is 0.325 e. The van der Waals surface area contributed by atoms with Gasteiger partial charge in [0.25, 0.3) is 10.0 Å². The van der Waals surface area contributed by atoms with Gasteiger partial charge in [-0.3, -0.25) is 9.52 Å². The van der Waals surface area contributed by atoms with Gasteiger partial charge in [-0.2, -0.15) is 13.2 Å². The van der Waals surface area contributed by atoms with E-state index in [0.717, 1.165) is 23.9 Å². The summed E-state index contributed by atoms with van der Waals surface area (Å²) in [6.07, 6.45) is -4.75. The monoisotopic (exact) mass is 566 g/mol. The van der Waals surface area contributed by atoms with Crippen LogP contribution in [-0.2, 0) is 26.7 Å². The van der Waals surface area contributed by atoms with Crippen LogP contribution in [0.15, 0.2) is 65.6 Å². The van der Waals surface area contributed by atoms with Gasteiger partial charge in [-0.15, -0.1) is 11.8 Å². The molecule has 0 heterocycles. The lowest BCUT2D eigenvalue weighted by Gasteiger charge is -2.13. The molecule has 2 N–H and O–H groups in total. The van der Waals surface area contributed by atoms with Crippen LogP contribution in [0.2, 0.25) is 10.0 Å². The van der Waals surface area contributed by atoms with Crippen molar-refractivity contribution in [2.24, 2.45) is 0 Å². The van der Waals surface area contributed by atoms with E-state index >= 15 is 0 Å². The SMILES string of the molecule is O=C(CSCc1c(F)cccc1Cl)Nc1ccc(S(=O)(=O)Nc2ccc(Cl)c(C(F)(F)F)c2)cc1. The average molecular weight is 567 g/mol. The predicted octanol–water partition coefficient (Wildman–Crippen LogP) is 6.82. The third-order valence-corrected chi connectivity index (χ3v) is 7.55. The van der Waals surface area contributed by atoms with Gasteiger partial charge in [-0.1, -0.05) is 29.3 Å². The van der Waals surface area contributed by atoms with Crippen LogP contribution in [0.3, 0.4) is 0 Å². The molecule has 0 bridgehead atoms. The number of rotatable bonds is 8. The van der Waals surface area contributed by atoms with E-state index in [0.29, 0.717) is 11.8 Å². The first-order valence-electron chi connectivity index (χ1n) is 9.67. The summed E-state index contributed by atoms with van der Waals surface area (Å²) in [5, 5.41) is 2.28. The highest BCUT2D eigenvalue weighted by Gasteiger charge is 2.33. The van der Waals surface area contributed by atoms with Crippen LogP contribution in [0.4, 0.5) is 28.9 Å². The number of halogens is 6. The van der Waals surface area contributed by atoms with Gasteiger partial charge in [0.05, 0.1) is 21.2 Å². The van der Waals surface area contributed by atoms with Gasteiger partial charge >= 0.3 is 6.18 Å². The molecule has 35 heavy (non-hydrogen) atoms. The van der Waals surface area contributed by atoms with Crippen molar-refractivity contribution >= 4 is 62.3 Å². The Morgan fingerprint density at radius 1 is 0.943 bits per heavy atom. The molecule has 0 saturated carbocycles. The second kappa shape index (κ2) is 11.1. The minimum atomic E-state index is -4.75. The molecule has 0 spiro atoms. The molecule has 0 radical (unpaired) electrons. The van der Waals surface area contributed by atoms with Crippen molar-refractivity contribution in [2.45, 2.75) is 16.8 Å². The number of hydrogen-bond donors (Lipinski definition) is 2. The molecule has 3 aromatic rings. The maximum Gasteiger partial charge on any atom is 0.417 e. The highest BCUT2D eigenvalue weighted by atomic mass is 35.5. The molecular formula is C22H16Cl2F4N2O3S2. The largest absolute Gasteiger partial charge is 0.417 e. The number of thioether (sulfide) groups is 1. The predicted molar refractivity (Wildman–Crippen MR) is 130 cm³/mol. The summed E-state index contributed by atoms with van der Waals surface area (Å²) in [7, 11) is -4.21. The van der Waals surface area contributed by atoms with Crippen LogP contribution in [0.25, 0.3) is 0 Å². The zero-order chi connectivity index (χ0) is 25.8. The summed E-state index contributed by atoms with van der Waals surface area (Å²) in [5.41, 5.74) is -0.903. The summed E-state index contributed by atoms with van der Waals surface area (Å²) < 4.78 is 80.0. The second-order valence-corrected chi connectivity index (χ2v) is 10.5. The molecule has 5 nitrogen and oxygen atoms in total. The number of amides is 1. The summed E-state index contributed by atoms with van der Waals surface area (Å²) in [6, 6.07) is 12.0. The van der Waals surface area contributed by atoms with Crippen molar-refractivity contribution in [3.05, 3.63) is 87.7 Å². The zero-order valence-electron chi connectivity index (χ0n) is 17.5. The van der Waals surface area contributed by atoms with Crippen LogP contribution in [-0.4, -0.2) is 20.1 Å². The van der Waals surface area contributed by atoms with Crippen molar-refractivity contribution in [2.75, 3.05) is 15.8 Å². The van der Waals surface area contributed by atoms with Crippen LogP contribution < -0.4 is 10.0 Å². The Hall–Kier alpha value is -2.47. The van der Waals surface area contributed by atoms with Crippen molar-refractivity contribution in [1.29, 1.82) is 0 Å². The molecule has 3 aromatic carbocycles. The number of sulfonamides is 1. The average Bonchev–Trinajstić information content (AvgIpc) is 2.76. The summed E-state index contributed by atoms with van der Waals surface area (Å²) >= 11 is 12.6. The fraction of sp³-hybridized carbons (Fsp3) is 0.136. The van der Waals surface area contributed by atoms with Crippen LogP contribution in [0, 0.1) is 5.82 Å². The number of hydrogen-bond acceptors (Lipinski definition) is 4. The molecule has 0 saturated heterocycles. The Balaban J connectivity index is 1.60. The van der Waals surface area contributed by atoms with Gasteiger partial charge < -0.3 is 5.32 Å². The Kier molecular flexibility index (Phi) is 8.58. The number of carbonyl (C=O) groups excluding carboxylic acids is 1. The van der Waals surface area contributed by atoms with Gasteiger partial charge in [-0.05, 0) is 54.6 Å². The van der Waals surface area contributed by atoms with Gasteiger partial charge in [-0.25, -0.2) is 12.8 Å². The molecule has 0 aliphatic carbocycles. The van der Waals surface area contributed by atoms with Gasteiger partial charge in [0.2, 0.25) is 5.91 Å². The third-order valence-electron chi connectivity index (χ3n) is 4.51. The van der Waals surface area contributed by atoms with E-state index in [1.807, 2.05) is 0 Å². The van der Waals surface area contributed by atoms with Crippen LogP contribution in [0.5, 0.6) is 0 Å². The molecule has 0 unspecified atom stereocenters. The maximum absolute atomic E-state index is 13.8. The number of carbonyl (C=O) groups is 1. The van der Waals surface area contributed by atoms with E-state index in [2.05, 4.69) is 10.0 Å². The molecule has 0 fully saturated rings. The third kappa shape index (κ3) is 7.26. The number of benzene rings is 3. The fourth-order valence-electron chi connectivity index (χ4n) is 2.85. The number of alkyl halides is 3. The normalized spacial score (nSPS) is 11.8. The van der Waals surface area contributed by atoms with Gasteiger partial charge in [0.15, 0.2) is 0 Å². The lowest BCUT2D eigenvalue weighted by Crippen LogP contribution is -2.16. The molecule has 0 aromatic heterocycles. The summed E-state index contributed by atoms with van der Waals surface area (Å²) in [5.74, 6) is -0.700. The lowest BCUT2D eigenvalue weighted by atomic mass is 10.2. The highest BCUT2D eigenvalue weighted by Crippen LogP contribution is 2.36. The molecule has 3 rings (SSSR count). The van der Waals surface area contributed by atoms with Crippen molar-refractivity contribution < 1.29 is 30.8 Å². The lowest BCUT2D eigenvalue weighted by molar-refractivity contribution is -0.137. The van der Waals surface area contributed by atoms with E-state index in [1.54, 1.807) is 6.07 Å². The summed E-state index contributed by atoms with van der Waals surface area (Å²) in [6.45, 7) is 0. The van der Waals surface area contributed by atoms with Crippen molar-refractivity contribution in [3.8, 4) is 0 Å². The standard InChI is InChI=1S/C22H16Cl2F4N2O3S2/c23-18-2-1-3-20(25)16(18)11-34-12-21(31)29-13-4-7-15(8-5-13)35(32,33)30-14-6-9-19(24)17(10-14)22(26,27)28/h1-10,30H,11-12H2,(H,29,31).